The fourth-order valence-electron chi connectivity index (χ4n) is 5.26. The molecule has 3 N–H and O–H groups in total. The zero-order valence-corrected chi connectivity index (χ0v) is 29.9. The van der Waals surface area contributed by atoms with Crippen LogP contribution >= 0.6 is 0 Å². The molecule has 15 heteroatoms. The number of pyridine rings is 1. The van der Waals surface area contributed by atoms with Crippen molar-refractivity contribution in [3.63, 3.8) is 0 Å². The maximum atomic E-state index is 15.3. The van der Waals surface area contributed by atoms with Gasteiger partial charge in [0.15, 0.2) is 11.5 Å². The van der Waals surface area contributed by atoms with Gasteiger partial charge in [0, 0.05) is 37.4 Å². The molecule has 1 atom stereocenters. The number of hydrogen-bond acceptors (Lipinski definition) is 8. The summed E-state index contributed by atoms with van der Waals surface area (Å²) in [4.78, 5) is 17.4. The number of para-hydroxylation sites is 1. The molecule has 0 aliphatic carbocycles. The lowest BCUT2D eigenvalue weighted by Gasteiger charge is -2.31. The number of aromatic nitrogens is 2. The normalized spacial score (nSPS) is 13.3. The molecule has 4 rings (SSSR count). The molecule has 0 spiro atoms. The van der Waals surface area contributed by atoms with Crippen LogP contribution in [-0.4, -0.2) is 80.0 Å². The molecule has 0 fully saturated rings. The molecular formula is C35H43F4N3O7Si. The molecule has 0 aliphatic rings. The Morgan fingerprint density at radius 1 is 1.06 bits per heavy atom. The van der Waals surface area contributed by atoms with E-state index in [1.165, 1.54) is 48.9 Å². The second-order valence-corrected chi connectivity index (χ2v) is 18.5. The number of rotatable bonds is 16. The van der Waals surface area contributed by atoms with Crippen molar-refractivity contribution < 1.29 is 51.5 Å². The Labute approximate surface area is 289 Å². The average molecular weight is 722 g/mol. The van der Waals surface area contributed by atoms with E-state index in [1.54, 1.807) is 19.2 Å². The van der Waals surface area contributed by atoms with Gasteiger partial charge in [-0.15, -0.1) is 0 Å². The molecule has 10 nitrogen and oxygen atoms in total. The van der Waals surface area contributed by atoms with Gasteiger partial charge in [0.2, 0.25) is 5.60 Å². The van der Waals surface area contributed by atoms with E-state index in [9.17, 15) is 23.1 Å². The van der Waals surface area contributed by atoms with Crippen LogP contribution in [0.1, 0.15) is 28.5 Å². The van der Waals surface area contributed by atoms with Crippen molar-refractivity contribution in [3.8, 4) is 28.5 Å². The molecule has 0 radical (unpaired) electrons. The van der Waals surface area contributed by atoms with Crippen molar-refractivity contribution in [1.82, 2.24) is 14.9 Å². The van der Waals surface area contributed by atoms with Gasteiger partial charge >= 0.3 is 6.18 Å². The van der Waals surface area contributed by atoms with Crippen LogP contribution in [0.15, 0.2) is 48.7 Å². The van der Waals surface area contributed by atoms with E-state index in [1.807, 2.05) is 0 Å². The Kier molecular flexibility index (Phi) is 12.2. The number of nitrogens with zero attached hydrogens (tertiary/aromatic N) is 2. The topological polar surface area (TPSA) is 124 Å². The number of hydrogen-bond donors (Lipinski definition) is 3. The number of ether oxygens (including phenoxy) is 4. The number of aliphatic hydroxyl groups is 2. The number of fused-ring (bicyclic) bond motifs is 1. The van der Waals surface area contributed by atoms with Crippen molar-refractivity contribution in [2.24, 2.45) is 0 Å². The second kappa shape index (κ2) is 15.8. The number of aliphatic hydroxyl groups excluding tert-OH is 1. The van der Waals surface area contributed by atoms with Crippen molar-refractivity contribution in [1.29, 1.82) is 0 Å². The summed E-state index contributed by atoms with van der Waals surface area (Å²) < 4.78 is 83.6. The third-order valence-electron chi connectivity index (χ3n) is 7.95. The van der Waals surface area contributed by atoms with E-state index in [4.69, 9.17) is 24.1 Å². The zero-order valence-electron chi connectivity index (χ0n) is 28.9. The van der Waals surface area contributed by atoms with Crippen LogP contribution < -0.4 is 19.5 Å². The number of alkyl halides is 3. The quantitative estimate of drug-likeness (QED) is 0.0688. The van der Waals surface area contributed by atoms with E-state index < -0.39 is 43.8 Å². The number of amides is 1. The Morgan fingerprint density at radius 2 is 1.80 bits per heavy atom. The van der Waals surface area contributed by atoms with E-state index >= 15 is 4.39 Å². The molecule has 4 aromatic rings. The molecular weight excluding hydrogens is 678 g/mol. The van der Waals surface area contributed by atoms with Crippen molar-refractivity contribution >= 4 is 24.9 Å². The minimum absolute atomic E-state index is 0.0115. The van der Waals surface area contributed by atoms with E-state index in [2.05, 4.69) is 29.9 Å². The van der Waals surface area contributed by atoms with Gasteiger partial charge in [-0.2, -0.15) is 13.2 Å². The average Bonchev–Trinajstić information content (AvgIpc) is 3.43. The molecule has 50 heavy (non-hydrogen) atoms. The van der Waals surface area contributed by atoms with Crippen LogP contribution in [-0.2, 0) is 17.1 Å². The molecule has 2 heterocycles. The highest BCUT2D eigenvalue weighted by Crippen LogP contribution is 2.43. The monoisotopic (exact) mass is 721 g/mol. The van der Waals surface area contributed by atoms with Gasteiger partial charge in [0.05, 0.1) is 38.1 Å². The van der Waals surface area contributed by atoms with Crippen LogP contribution in [0.2, 0.25) is 25.7 Å². The van der Waals surface area contributed by atoms with E-state index in [0.29, 0.717) is 12.0 Å². The number of nitrogens with one attached hydrogen (secondary N) is 1. The SMILES string of the molecule is CCOc1c(C)cc(C(O)(CNC(=O)c2ccc(OCCO)c(OC)c2)C(F)(F)F)nc1-c1cn(COCC[Si](C)(C)C)c2c(F)cccc12. The number of aryl methyl sites for hydroxylation is 1. The number of benzene rings is 2. The third-order valence-corrected chi connectivity index (χ3v) is 9.65. The standard InChI is InChI=1S/C35H43F4N3O7Si/c1-7-48-32-22(2)17-29(34(45,35(37,38)39)20-40-33(44)23-11-12-27(49-14-13-43)28(18-23)46-3)41-30(32)25-19-42(21-47-15-16-50(4,5)6)31-24(25)9-8-10-26(31)36/h8-12,17-19,43,45H,7,13-16,20-21H2,1-6H3,(H,40,44). The summed E-state index contributed by atoms with van der Waals surface area (Å²) in [7, 11) is -0.0944. The highest BCUT2D eigenvalue weighted by atomic mass is 28.3. The molecule has 2 aromatic heterocycles. The molecule has 1 unspecified atom stereocenters. The minimum Gasteiger partial charge on any atom is -0.493 e. The first-order valence-electron chi connectivity index (χ1n) is 16.0. The van der Waals surface area contributed by atoms with Gasteiger partial charge in [0.1, 0.15) is 30.6 Å². The Bertz CT molecular complexity index is 1810. The number of halogens is 4. The molecule has 2 aromatic carbocycles. The maximum absolute atomic E-state index is 15.3. The van der Waals surface area contributed by atoms with Crippen molar-refractivity contribution in [2.45, 2.75) is 58.0 Å². The van der Waals surface area contributed by atoms with Crippen molar-refractivity contribution in [2.75, 3.05) is 40.1 Å². The minimum atomic E-state index is -5.30. The lowest BCUT2D eigenvalue weighted by atomic mass is 9.94. The summed E-state index contributed by atoms with van der Waals surface area (Å²) in [5, 5.41) is 22.9. The van der Waals surface area contributed by atoms with Gasteiger partial charge in [-0.05, 0) is 55.8 Å². The fourth-order valence-corrected chi connectivity index (χ4v) is 6.01. The van der Waals surface area contributed by atoms with Gasteiger partial charge < -0.3 is 39.0 Å². The smallest absolute Gasteiger partial charge is 0.424 e. The maximum Gasteiger partial charge on any atom is 0.424 e. The first-order chi connectivity index (χ1) is 23.5. The summed E-state index contributed by atoms with van der Waals surface area (Å²) in [6.07, 6.45) is -3.75. The lowest BCUT2D eigenvalue weighted by Crippen LogP contribution is -2.51. The molecule has 0 saturated heterocycles. The molecule has 0 bridgehead atoms. The molecule has 0 saturated carbocycles. The molecule has 0 aliphatic heterocycles. The Hall–Kier alpha value is -4.18. The third kappa shape index (κ3) is 8.57. The summed E-state index contributed by atoms with van der Waals surface area (Å²) >= 11 is 0. The predicted molar refractivity (Wildman–Crippen MR) is 183 cm³/mol. The molecule has 272 valence electrons. The number of carbonyl (C=O) groups is 1. The summed E-state index contributed by atoms with van der Waals surface area (Å²) in [6.45, 7) is 8.81. The van der Waals surface area contributed by atoms with Gasteiger partial charge in [-0.3, -0.25) is 4.79 Å². The predicted octanol–water partition coefficient (Wildman–Crippen LogP) is 6.42. The van der Waals surface area contributed by atoms with Gasteiger partial charge in [0.25, 0.3) is 5.91 Å². The Morgan fingerprint density at radius 3 is 2.44 bits per heavy atom. The first-order valence-corrected chi connectivity index (χ1v) is 19.7. The first kappa shape index (κ1) is 38.6. The summed E-state index contributed by atoms with van der Waals surface area (Å²) in [5.74, 6) is -1.01. The van der Waals surface area contributed by atoms with Crippen LogP contribution in [0.5, 0.6) is 17.2 Å². The zero-order chi connectivity index (χ0) is 36.9. The lowest BCUT2D eigenvalue weighted by molar-refractivity contribution is -0.265. The fraction of sp³-hybridized carbons (Fsp3) is 0.429. The van der Waals surface area contributed by atoms with Gasteiger partial charge in [-0.1, -0.05) is 31.8 Å². The van der Waals surface area contributed by atoms with E-state index in [0.717, 1.165) is 12.1 Å². The second-order valence-electron chi connectivity index (χ2n) is 12.9. The summed E-state index contributed by atoms with van der Waals surface area (Å²) in [5.41, 5.74) is -3.89. The molecule has 1 amide bonds. The van der Waals surface area contributed by atoms with Crippen LogP contribution in [0.25, 0.3) is 22.2 Å². The van der Waals surface area contributed by atoms with Gasteiger partial charge in [-0.25, -0.2) is 9.37 Å². The van der Waals surface area contributed by atoms with Crippen LogP contribution in [0.3, 0.4) is 0 Å². The van der Waals surface area contributed by atoms with Crippen LogP contribution in [0, 0.1) is 12.7 Å². The summed E-state index contributed by atoms with van der Waals surface area (Å²) in [6, 6.07) is 10.3. The highest BCUT2D eigenvalue weighted by molar-refractivity contribution is 6.76. The highest BCUT2D eigenvalue weighted by Gasteiger charge is 2.56. The van der Waals surface area contributed by atoms with Crippen molar-refractivity contribution in [3.05, 3.63) is 71.3 Å². The van der Waals surface area contributed by atoms with Crippen LogP contribution in [0.4, 0.5) is 17.6 Å². The largest absolute Gasteiger partial charge is 0.493 e. The number of methoxy groups -OCH3 is 1. The number of carbonyl (C=O) groups excluding carboxylic acids is 1. The van der Waals surface area contributed by atoms with E-state index in [-0.39, 0.29) is 71.7 Å². The Balaban J connectivity index is 1.76.